The van der Waals surface area contributed by atoms with Crippen LogP contribution in [-0.2, 0) is 16.0 Å². The van der Waals surface area contributed by atoms with Crippen LogP contribution in [0.2, 0.25) is 0 Å². The smallest absolute Gasteiger partial charge is 0.348 e. The van der Waals surface area contributed by atoms with Crippen LogP contribution in [0.1, 0.15) is 27.4 Å². The van der Waals surface area contributed by atoms with Crippen LogP contribution < -0.4 is 0 Å². The number of thiophene rings is 1. The molecule has 1 rings (SSSR count). The molecule has 1 heterocycles. The summed E-state index contributed by atoms with van der Waals surface area (Å²) in [6, 6.07) is 3.59. The number of hydrogen-bond donors (Lipinski definition) is 1. The third-order valence-corrected chi connectivity index (χ3v) is 3.18. The normalized spacial score (nSPS) is 9.81. The van der Waals surface area contributed by atoms with E-state index in [1.54, 1.807) is 6.07 Å². The molecule has 16 heavy (non-hydrogen) atoms. The molecular formula is C11H13NO3S. The van der Waals surface area contributed by atoms with Gasteiger partial charge in [0.15, 0.2) is 5.78 Å². The molecule has 0 saturated carbocycles. The molecule has 4 nitrogen and oxygen atoms in total. The molecule has 0 fully saturated rings. The fourth-order valence-electron chi connectivity index (χ4n) is 1.23. The molecule has 5 heteroatoms. The van der Waals surface area contributed by atoms with E-state index in [0.29, 0.717) is 17.7 Å². The van der Waals surface area contributed by atoms with Gasteiger partial charge in [-0.25, -0.2) is 4.79 Å². The standard InChI is InChI=1S/C11H13NO3S/c1-15-11(14)10-6-5-9(16-10)4-2-3-8(13)7-12/h5-7,12H,2-4H2,1H3. The van der Waals surface area contributed by atoms with Crippen LogP contribution in [-0.4, -0.2) is 25.1 Å². The number of Topliss-reactive ketones (excluding diaryl/α,β-unsaturated/α-hetero) is 1. The number of rotatable bonds is 6. The molecule has 1 aromatic rings. The predicted molar refractivity (Wildman–Crippen MR) is 62.4 cm³/mol. The molecular weight excluding hydrogens is 226 g/mol. The largest absolute Gasteiger partial charge is 0.465 e. The molecule has 0 aliphatic heterocycles. The van der Waals surface area contributed by atoms with Crippen molar-refractivity contribution in [2.75, 3.05) is 7.11 Å². The molecule has 1 N–H and O–H groups in total. The molecule has 0 amide bonds. The zero-order chi connectivity index (χ0) is 12.0. The van der Waals surface area contributed by atoms with Crippen LogP contribution in [0.15, 0.2) is 12.1 Å². The number of hydrogen-bond acceptors (Lipinski definition) is 5. The van der Waals surface area contributed by atoms with E-state index in [0.717, 1.165) is 17.5 Å². The third kappa shape index (κ3) is 3.58. The van der Waals surface area contributed by atoms with Gasteiger partial charge in [0.1, 0.15) is 4.88 Å². The van der Waals surface area contributed by atoms with E-state index in [9.17, 15) is 9.59 Å². The summed E-state index contributed by atoms with van der Waals surface area (Å²) >= 11 is 1.38. The quantitative estimate of drug-likeness (QED) is 0.610. The predicted octanol–water partition coefficient (Wildman–Crippen LogP) is 2.08. The Morgan fingerprint density at radius 2 is 2.25 bits per heavy atom. The molecule has 0 aliphatic carbocycles. The summed E-state index contributed by atoms with van der Waals surface area (Å²) in [5, 5.41) is 6.74. The van der Waals surface area contributed by atoms with Crippen molar-refractivity contribution in [1.29, 1.82) is 5.41 Å². The van der Waals surface area contributed by atoms with Crippen LogP contribution in [0.5, 0.6) is 0 Å². The Morgan fingerprint density at radius 1 is 1.50 bits per heavy atom. The molecule has 0 aliphatic rings. The zero-order valence-corrected chi connectivity index (χ0v) is 9.80. The number of nitrogens with one attached hydrogen (secondary N) is 1. The first kappa shape index (κ1) is 12.6. The third-order valence-electron chi connectivity index (χ3n) is 2.06. The van der Waals surface area contributed by atoms with Gasteiger partial charge in [-0.05, 0) is 25.0 Å². The van der Waals surface area contributed by atoms with E-state index in [4.69, 9.17) is 5.41 Å². The first-order chi connectivity index (χ1) is 7.67. The maximum Gasteiger partial charge on any atom is 0.348 e. The maximum absolute atomic E-state index is 11.2. The highest BCUT2D eigenvalue weighted by molar-refractivity contribution is 7.13. The second-order valence-electron chi connectivity index (χ2n) is 3.22. The Balaban J connectivity index is 2.43. The second-order valence-corrected chi connectivity index (χ2v) is 4.39. The lowest BCUT2D eigenvalue weighted by molar-refractivity contribution is -0.112. The average molecular weight is 239 g/mol. The minimum atomic E-state index is -0.327. The number of ketones is 1. The van der Waals surface area contributed by atoms with Gasteiger partial charge in [-0.2, -0.15) is 0 Å². The summed E-state index contributed by atoms with van der Waals surface area (Å²) in [5.41, 5.74) is 0. The molecule has 0 aromatic carbocycles. The SMILES string of the molecule is COC(=O)c1ccc(CCCC(=O)C=N)s1. The van der Waals surface area contributed by atoms with Gasteiger partial charge in [0.25, 0.3) is 0 Å². The van der Waals surface area contributed by atoms with Gasteiger partial charge in [0.05, 0.1) is 13.3 Å². The Hall–Kier alpha value is -1.49. The van der Waals surface area contributed by atoms with Crippen LogP contribution in [0, 0.1) is 5.41 Å². The van der Waals surface area contributed by atoms with Gasteiger partial charge in [-0.15, -0.1) is 11.3 Å². The van der Waals surface area contributed by atoms with Crippen LogP contribution in [0.25, 0.3) is 0 Å². The summed E-state index contributed by atoms with van der Waals surface area (Å²) < 4.78 is 4.60. The van der Waals surface area contributed by atoms with E-state index in [1.165, 1.54) is 18.4 Å². The molecule has 0 atom stereocenters. The number of ether oxygens (including phenoxy) is 1. The van der Waals surface area contributed by atoms with Gasteiger partial charge in [-0.1, -0.05) is 0 Å². The van der Waals surface area contributed by atoms with Crippen molar-refractivity contribution in [2.45, 2.75) is 19.3 Å². The molecule has 0 bridgehead atoms. The van der Waals surface area contributed by atoms with E-state index in [1.807, 2.05) is 6.07 Å². The average Bonchev–Trinajstić information content (AvgIpc) is 2.76. The lowest BCUT2D eigenvalue weighted by atomic mass is 10.1. The number of carbonyl (C=O) groups excluding carboxylic acids is 2. The fraction of sp³-hybridized carbons (Fsp3) is 0.364. The topological polar surface area (TPSA) is 67.2 Å². The van der Waals surface area contributed by atoms with Crippen molar-refractivity contribution in [3.8, 4) is 0 Å². The molecule has 0 radical (unpaired) electrons. The van der Waals surface area contributed by atoms with E-state index < -0.39 is 0 Å². The van der Waals surface area contributed by atoms with Gasteiger partial charge in [0.2, 0.25) is 0 Å². The van der Waals surface area contributed by atoms with Gasteiger partial charge < -0.3 is 10.1 Å². The molecule has 86 valence electrons. The van der Waals surface area contributed by atoms with Crippen molar-refractivity contribution in [2.24, 2.45) is 0 Å². The fourth-order valence-corrected chi connectivity index (χ4v) is 2.20. The highest BCUT2D eigenvalue weighted by atomic mass is 32.1. The van der Waals surface area contributed by atoms with Crippen LogP contribution >= 0.6 is 11.3 Å². The lowest BCUT2D eigenvalue weighted by Gasteiger charge is -1.95. The number of carbonyl (C=O) groups is 2. The summed E-state index contributed by atoms with van der Waals surface area (Å²) in [6.45, 7) is 0. The summed E-state index contributed by atoms with van der Waals surface area (Å²) in [5.74, 6) is -0.489. The van der Waals surface area contributed by atoms with Crippen molar-refractivity contribution in [3.63, 3.8) is 0 Å². The Bertz CT molecular complexity index is 398. The van der Waals surface area contributed by atoms with Gasteiger partial charge >= 0.3 is 5.97 Å². The molecule has 0 unspecified atom stereocenters. The minimum Gasteiger partial charge on any atom is -0.465 e. The van der Waals surface area contributed by atoms with E-state index >= 15 is 0 Å². The van der Waals surface area contributed by atoms with Crippen molar-refractivity contribution < 1.29 is 14.3 Å². The Morgan fingerprint density at radius 3 is 2.88 bits per heavy atom. The highest BCUT2D eigenvalue weighted by Gasteiger charge is 2.08. The minimum absolute atomic E-state index is 0.162. The zero-order valence-electron chi connectivity index (χ0n) is 8.99. The Labute approximate surface area is 97.7 Å². The molecule has 0 saturated heterocycles. The van der Waals surface area contributed by atoms with Crippen molar-refractivity contribution >= 4 is 29.3 Å². The van der Waals surface area contributed by atoms with Crippen LogP contribution in [0.4, 0.5) is 0 Å². The maximum atomic E-state index is 11.2. The van der Waals surface area contributed by atoms with Gasteiger partial charge in [-0.3, -0.25) is 4.79 Å². The summed E-state index contributed by atoms with van der Waals surface area (Å²) in [4.78, 5) is 23.6. The monoisotopic (exact) mass is 239 g/mol. The molecule has 1 aromatic heterocycles. The van der Waals surface area contributed by atoms with E-state index in [-0.39, 0.29) is 11.8 Å². The van der Waals surface area contributed by atoms with E-state index in [2.05, 4.69) is 4.74 Å². The Kier molecular flexibility index (Phi) is 4.85. The lowest BCUT2D eigenvalue weighted by Crippen LogP contribution is -1.98. The second kappa shape index (κ2) is 6.17. The van der Waals surface area contributed by atoms with Crippen molar-refractivity contribution in [3.05, 3.63) is 21.9 Å². The number of methoxy groups -OCH3 is 1. The number of aryl methyl sites for hydroxylation is 1. The number of esters is 1. The summed E-state index contributed by atoms with van der Waals surface area (Å²) in [7, 11) is 1.35. The highest BCUT2D eigenvalue weighted by Crippen LogP contribution is 2.19. The van der Waals surface area contributed by atoms with Gasteiger partial charge in [0, 0.05) is 11.3 Å². The van der Waals surface area contributed by atoms with Crippen molar-refractivity contribution in [1.82, 2.24) is 0 Å². The summed E-state index contributed by atoms with van der Waals surface area (Å²) in [6.07, 6.45) is 2.68. The first-order valence-electron chi connectivity index (χ1n) is 4.87. The first-order valence-corrected chi connectivity index (χ1v) is 5.69. The molecule has 0 spiro atoms. The van der Waals surface area contributed by atoms with Crippen LogP contribution in [0.3, 0.4) is 0 Å².